The number of rotatable bonds is 3. The van der Waals surface area contributed by atoms with Crippen LogP contribution in [0.1, 0.15) is 6.42 Å². The molecule has 1 aliphatic heterocycles. The minimum absolute atomic E-state index is 0.0749. The van der Waals surface area contributed by atoms with Crippen molar-refractivity contribution in [1.29, 1.82) is 0 Å². The van der Waals surface area contributed by atoms with E-state index in [1.807, 2.05) is 0 Å². The molecule has 1 amide bonds. The third-order valence-electron chi connectivity index (χ3n) is 2.49. The van der Waals surface area contributed by atoms with Crippen molar-refractivity contribution in [2.24, 2.45) is 5.73 Å². The van der Waals surface area contributed by atoms with Gasteiger partial charge in [-0.15, -0.1) is 0 Å². The normalized spacial score (nSPS) is 18.9. The molecule has 7 heteroatoms. The lowest BCUT2D eigenvalue weighted by atomic mass is 10.2. The zero-order valence-corrected chi connectivity index (χ0v) is 8.96. The van der Waals surface area contributed by atoms with E-state index in [1.54, 1.807) is 4.90 Å². The first-order chi connectivity index (χ1) is 7.42. The Morgan fingerprint density at radius 3 is 2.19 bits per heavy atom. The van der Waals surface area contributed by atoms with Crippen molar-refractivity contribution in [3.05, 3.63) is 0 Å². The van der Waals surface area contributed by atoms with E-state index in [1.165, 1.54) is 4.90 Å². The van der Waals surface area contributed by atoms with E-state index in [-0.39, 0.29) is 32.0 Å². The average Bonchev–Trinajstić information content (AvgIpc) is 2.16. The molecule has 1 rings (SSSR count). The minimum Gasteiger partial charge on any atom is -0.340 e. The van der Waals surface area contributed by atoms with E-state index in [9.17, 15) is 18.0 Å². The van der Waals surface area contributed by atoms with Crippen LogP contribution < -0.4 is 5.73 Å². The summed E-state index contributed by atoms with van der Waals surface area (Å²) < 4.78 is 36.2. The molecule has 94 valence electrons. The summed E-state index contributed by atoms with van der Waals surface area (Å²) >= 11 is 0. The van der Waals surface area contributed by atoms with Crippen LogP contribution in [0.4, 0.5) is 13.2 Å². The van der Waals surface area contributed by atoms with Crippen LogP contribution in [0, 0.1) is 0 Å². The van der Waals surface area contributed by atoms with E-state index in [2.05, 4.69) is 0 Å². The number of carbonyl (C=O) groups is 1. The minimum atomic E-state index is -4.16. The molecule has 2 N–H and O–H groups in total. The summed E-state index contributed by atoms with van der Waals surface area (Å²) in [6.07, 6.45) is -3.90. The van der Waals surface area contributed by atoms with Crippen molar-refractivity contribution >= 4 is 5.91 Å². The molecule has 0 radical (unpaired) electrons. The predicted molar refractivity (Wildman–Crippen MR) is 52.7 cm³/mol. The Bertz CT molecular complexity index is 237. The Hall–Kier alpha value is -0.820. The van der Waals surface area contributed by atoms with E-state index in [0.29, 0.717) is 13.1 Å². The number of nitrogens with two attached hydrogens (primary N) is 1. The molecule has 16 heavy (non-hydrogen) atoms. The van der Waals surface area contributed by atoms with Gasteiger partial charge in [-0.2, -0.15) is 13.2 Å². The van der Waals surface area contributed by atoms with Crippen LogP contribution in [0.15, 0.2) is 0 Å². The van der Waals surface area contributed by atoms with E-state index < -0.39 is 12.7 Å². The van der Waals surface area contributed by atoms with Gasteiger partial charge in [0.25, 0.3) is 0 Å². The summed E-state index contributed by atoms with van der Waals surface area (Å²) in [6, 6.07) is 0. The zero-order chi connectivity index (χ0) is 12.2. The number of carbonyl (C=O) groups excluding carboxylic acids is 1. The first-order valence-electron chi connectivity index (χ1n) is 5.19. The monoisotopic (exact) mass is 239 g/mol. The number of halogens is 3. The Balaban J connectivity index is 2.31. The van der Waals surface area contributed by atoms with E-state index >= 15 is 0 Å². The molecule has 0 aromatic rings. The number of piperazine rings is 1. The highest BCUT2D eigenvalue weighted by atomic mass is 19.4. The molecule has 0 saturated carbocycles. The molecule has 0 aromatic heterocycles. The van der Waals surface area contributed by atoms with Crippen molar-refractivity contribution in [2.45, 2.75) is 12.6 Å². The summed E-state index contributed by atoms with van der Waals surface area (Å²) in [5.74, 6) is -0.0749. The fourth-order valence-corrected chi connectivity index (χ4v) is 1.69. The van der Waals surface area contributed by atoms with Crippen LogP contribution in [0.25, 0.3) is 0 Å². The van der Waals surface area contributed by atoms with Crippen molar-refractivity contribution < 1.29 is 18.0 Å². The molecule has 1 heterocycles. The molecule has 0 unspecified atom stereocenters. The lowest BCUT2D eigenvalue weighted by molar-refractivity contribution is -0.151. The zero-order valence-electron chi connectivity index (χ0n) is 8.96. The Morgan fingerprint density at radius 1 is 1.19 bits per heavy atom. The lowest BCUT2D eigenvalue weighted by Crippen LogP contribution is -2.51. The second-order valence-corrected chi connectivity index (χ2v) is 3.81. The summed E-state index contributed by atoms with van der Waals surface area (Å²) in [5, 5.41) is 0. The van der Waals surface area contributed by atoms with Crippen LogP contribution >= 0.6 is 0 Å². The van der Waals surface area contributed by atoms with Crippen LogP contribution in [-0.4, -0.2) is 61.2 Å². The number of nitrogens with zero attached hydrogens (tertiary/aromatic N) is 2. The highest BCUT2D eigenvalue weighted by Gasteiger charge is 2.32. The maximum Gasteiger partial charge on any atom is 0.401 e. The van der Waals surface area contributed by atoms with Crippen LogP contribution in [0.2, 0.25) is 0 Å². The van der Waals surface area contributed by atoms with E-state index in [0.717, 1.165) is 0 Å². The van der Waals surface area contributed by atoms with E-state index in [4.69, 9.17) is 5.73 Å². The van der Waals surface area contributed by atoms with Crippen molar-refractivity contribution in [1.82, 2.24) is 9.80 Å². The van der Waals surface area contributed by atoms with Crippen LogP contribution in [0.3, 0.4) is 0 Å². The van der Waals surface area contributed by atoms with Crippen molar-refractivity contribution in [2.75, 3.05) is 39.3 Å². The second-order valence-electron chi connectivity index (χ2n) is 3.81. The molecule has 4 nitrogen and oxygen atoms in total. The van der Waals surface area contributed by atoms with Gasteiger partial charge in [-0.05, 0) is 0 Å². The smallest absolute Gasteiger partial charge is 0.340 e. The van der Waals surface area contributed by atoms with Gasteiger partial charge < -0.3 is 10.6 Å². The maximum absolute atomic E-state index is 12.1. The first kappa shape index (κ1) is 13.2. The van der Waals surface area contributed by atoms with Crippen LogP contribution in [-0.2, 0) is 4.79 Å². The predicted octanol–water partition coefficient (Wildman–Crippen LogP) is 0.0417. The van der Waals surface area contributed by atoms with Gasteiger partial charge in [0.05, 0.1) is 6.54 Å². The van der Waals surface area contributed by atoms with Gasteiger partial charge in [-0.3, -0.25) is 9.69 Å². The van der Waals surface area contributed by atoms with Crippen molar-refractivity contribution in [3.8, 4) is 0 Å². The Morgan fingerprint density at radius 2 is 1.75 bits per heavy atom. The highest BCUT2D eigenvalue weighted by molar-refractivity contribution is 5.76. The molecule has 0 bridgehead atoms. The Kier molecular flexibility index (Phi) is 4.55. The molecule has 1 fully saturated rings. The molecule has 1 saturated heterocycles. The number of alkyl halides is 3. The van der Waals surface area contributed by atoms with Crippen LogP contribution in [0.5, 0.6) is 0 Å². The van der Waals surface area contributed by atoms with Gasteiger partial charge >= 0.3 is 6.18 Å². The molecular weight excluding hydrogens is 223 g/mol. The summed E-state index contributed by atoms with van der Waals surface area (Å²) in [7, 11) is 0. The molecule has 0 atom stereocenters. The van der Waals surface area contributed by atoms with Gasteiger partial charge in [0.15, 0.2) is 0 Å². The van der Waals surface area contributed by atoms with Gasteiger partial charge in [0.2, 0.25) is 5.91 Å². The molecule has 0 spiro atoms. The standard InChI is InChI=1S/C9H16F3N3O/c10-9(11,12)7-14-3-5-15(6-4-14)8(16)1-2-13/h1-7,13H2. The number of hydrogen-bond acceptors (Lipinski definition) is 3. The van der Waals surface area contributed by atoms with Gasteiger partial charge in [0.1, 0.15) is 0 Å². The fraction of sp³-hybridized carbons (Fsp3) is 0.889. The highest BCUT2D eigenvalue weighted by Crippen LogP contribution is 2.17. The number of hydrogen-bond donors (Lipinski definition) is 1. The average molecular weight is 239 g/mol. The van der Waals surface area contributed by atoms with Gasteiger partial charge in [-0.25, -0.2) is 0 Å². The molecule has 0 aromatic carbocycles. The lowest BCUT2D eigenvalue weighted by Gasteiger charge is -2.35. The Labute approximate surface area is 92.2 Å². The second kappa shape index (κ2) is 5.49. The summed E-state index contributed by atoms with van der Waals surface area (Å²) in [6.45, 7) is 0.642. The summed E-state index contributed by atoms with van der Waals surface area (Å²) in [5.41, 5.74) is 5.24. The largest absolute Gasteiger partial charge is 0.401 e. The third kappa shape index (κ3) is 4.36. The SMILES string of the molecule is NCCC(=O)N1CCN(CC(F)(F)F)CC1. The third-order valence-corrected chi connectivity index (χ3v) is 2.49. The molecular formula is C9H16F3N3O. The van der Waals surface area contributed by atoms with Gasteiger partial charge in [0, 0.05) is 39.1 Å². The first-order valence-corrected chi connectivity index (χ1v) is 5.19. The molecule has 1 aliphatic rings. The topological polar surface area (TPSA) is 49.6 Å². The molecule has 0 aliphatic carbocycles. The van der Waals surface area contributed by atoms with Gasteiger partial charge in [-0.1, -0.05) is 0 Å². The fourth-order valence-electron chi connectivity index (χ4n) is 1.69. The maximum atomic E-state index is 12.1. The summed E-state index contributed by atoms with van der Waals surface area (Å²) in [4.78, 5) is 14.3. The quantitative estimate of drug-likeness (QED) is 0.756. The van der Waals surface area contributed by atoms with Crippen molar-refractivity contribution in [3.63, 3.8) is 0 Å². The number of amides is 1.